The highest BCUT2D eigenvalue weighted by Crippen LogP contribution is 2.60. The number of para-hydroxylation sites is 3. The van der Waals surface area contributed by atoms with E-state index in [0.717, 1.165) is 5.75 Å². The Morgan fingerprint density at radius 1 is 0.698 bits per heavy atom. The second kappa shape index (κ2) is 7.13. The van der Waals surface area contributed by atoms with Crippen LogP contribution >= 0.6 is 11.3 Å². The average Bonchev–Trinajstić information content (AvgIpc) is 3.79. The molecule has 0 saturated carbocycles. The van der Waals surface area contributed by atoms with Crippen molar-refractivity contribution < 1.29 is 4.74 Å². The van der Waals surface area contributed by atoms with Gasteiger partial charge in [0.2, 0.25) is 0 Å². The first-order chi connectivity index (χ1) is 21.4. The lowest BCUT2D eigenvalue weighted by molar-refractivity contribution is 0.223. The van der Waals surface area contributed by atoms with Crippen molar-refractivity contribution in [2.24, 2.45) is 0 Å². The van der Waals surface area contributed by atoms with Gasteiger partial charge in [-0.3, -0.25) is 0 Å². The molecule has 0 saturated heterocycles. The zero-order chi connectivity index (χ0) is 27.6. The zero-order valence-corrected chi connectivity index (χ0v) is 23.7. The third-order valence-corrected chi connectivity index (χ3v) is 11.7. The fourth-order valence-corrected chi connectivity index (χ4v) is 10.2. The number of benzene rings is 6. The maximum absolute atomic E-state index is 6.76. The molecule has 4 aliphatic heterocycles. The number of nitrogens with zero attached hydrogens (tertiary/aromatic N) is 2. The van der Waals surface area contributed by atoms with E-state index in [1.807, 2.05) is 11.3 Å². The van der Waals surface area contributed by atoms with Gasteiger partial charge in [-0.1, -0.05) is 97.1 Å². The number of aromatic nitrogens is 1. The fourth-order valence-electron chi connectivity index (χ4n) is 8.97. The van der Waals surface area contributed by atoms with E-state index < -0.39 is 0 Å². The first-order valence-corrected chi connectivity index (χ1v) is 15.9. The molecule has 0 radical (unpaired) electrons. The minimum Gasteiger partial charge on any atom is -0.483 e. The van der Waals surface area contributed by atoms with Crippen LogP contribution in [0.5, 0.6) is 5.75 Å². The summed E-state index contributed by atoms with van der Waals surface area (Å²) >= 11 is 1.93. The van der Waals surface area contributed by atoms with Gasteiger partial charge in [0.15, 0.2) is 6.10 Å². The highest BCUT2D eigenvalue weighted by Gasteiger charge is 2.54. The number of ether oxygens (including phenoxy) is 1. The lowest BCUT2D eigenvalue weighted by Crippen LogP contribution is -2.57. The predicted octanol–water partition coefficient (Wildman–Crippen LogP) is 8.44. The van der Waals surface area contributed by atoms with E-state index in [0.29, 0.717) is 0 Å². The van der Waals surface area contributed by atoms with Gasteiger partial charge in [0.1, 0.15) is 11.8 Å². The van der Waals surface area contributed by atoms with Crippen molar-refractivity contribution in [2.45, 2.75) is 12.1 Å². The van der Waals surface area contributed by atoms with Crippen molar-refractivity contribution in [3.63, 3.8) is 0 Å². The summed E-state index contributed by atoms with van der Waals surface area (Å²) in [6.45, 7) is 0.0720. The number of hydrogen-bond donors (Lipinski definition) is 0. The van der Waals surface area contributed by atoms with E-state index in [-0.39, 0.29) is 19.0 Å². The van der Waals surface area contributed by atoms with Crippen molar-refractivity contribution in [3.8, 4) is 16.9 Å². The monoisotopic (exact) mass is 564 g/mol. The quantitative estimate of drug-likeness (QED) is 0.172. The third kappa shape index (κ3) is 2.31. The molecule has 8 aromatic rings. The Bertz CT molecular complexity index is 2600. The Morgan fingerprint density at radius 3 is 2.47 bits per heavy atom. The standard InChI is InChI=1S/C38H21BN2OS/c1-2-10-21-20(9-1)19-28-32-31(21)24-13-7-15-26-33(24)41(36-23-12-4-6-18-30(23)43-38(26)36)39(32)27-16-8-14-25-34(27)40(28)35-22-11-3-5-17-29(22)42-37(25)35/h1-19,35,37H. The Labute approximate surface area is 251 Å². The first-order valence-electron chi connectivity index (χ1n) is 15.0. The third-order valence-electron chi connectivity index (χ3n) is 10.5. The highest BCUT2D eigenvalue weighted by atomic mass is 32.1. The molecule has 0 amide bonds. The van der Waals surface area contributed by atoms with E-state index >= 15 is 0 Å². The van der Waals surface area contributed by atoms with Gasteiger partial charge in [0.25, 0.3) is 0 Å². The van der Waals surface area contributed by atoms with Crippen LogP contribution in [-0.4, -0.2) is 11.3 Å². The van der Waals surface area contributed by atoms with Gasteiger partial charge in [-0.05, 0) is 45.5 Å². The van der Waals surface area contributed by atoms with E-state index in [2.05, 4.69) is 125 Å². The van der Waals surface area contributed by atoms with Gasteiger partial charge in [0.05, 0.1) is 10.2 Å². The van der Waals surface area contributed by atoms with Gasteiger partial charge in [-0.25, -0.2) is 0 Å². The van der Waals surface area contributed by atoms with E-state index in [9.17, 15) is 0 Å². The summed E-state index contributed by atoms with van der Waals surface area (Å²) in [7, 11) is 0. The van der Waals surface area contributed by atoms with Crippen molar-refractivity contribution in [1.82, 2.24) is 4.48 Å². The average molecular weight is 564 g/mol. The molecular weight excluding hydrogens is 543 g/mol. The molecule has 2 unspecified atom stereocenters. The molecule has 0 N–H and O–H groups in total. The van der Waals surface area contributed by atoms with Gasteiger partial charge in [-0.2, -0.15) is 0 Å². The largest absolute Gasteiger partial charge is 0.483 e. The maximum atomic E-state index is 6.76. The molecule has 6 aromatic carbocycles. The molecule has 0 aliphatic carbocycles. The van der Waals surface area contributed by atoms with Gasteiger partial charge >= 0.3 is 6.85 Å². The molecule has 5 heteroatoms. The second-order valence-electron chi connectivity index (χ2n) is 12.3. The lowest BCUT2D eigenvalue weighted by Gasteiger charge is -2.41. The van der Waals surface area contributed by atoms with Crippen LogP contribution < -0.4 is 20.6 Å². The molecule has 0 fully saturated rings. The molecule has 6 heterocycles. The van der Waals surface area contributed by atoms with Gasteiger partial charge in [-0.15, -0.1) is 11.3 Å². The fraction of sp³-hybridized carbons (Fsp3) is 0.0526. The molecule has 2 atom stereocenters. The van der Waals surface area contributed by atoms with E-state index in [1.165, 1.54) is 86.5 Å². The van der Waals surface area contributed by atoms with Crippen LogP contribution in [0.15, 0.2) is 115 Å². The SMILES string of the molecule is c1ccc2c(c1)OC1c3cccc4c3N(c3cc5ccccc5c5c3B4n3c4c-5cccc4c4sc5ccccc5c43)C21. The molecule has 4 aliphatic rings. The number of anilines is 2. The minimum absolute atomic E-state index is 0.0244. The van der Waals surface area contributed by atoms with Crippen LogP contribution in [-0.2, 0) is 0 Å². The summed E-state index contributed by atoms with van der Waals surface area (Å²) in [5.41, 5.74) is 13.5. The zero-order valence-electron chi connectivity index (χ0n) is 22.9. The smallest absolute Gasteiger partial charge is 0.333 e. The Hall–Kier alpha value is -5.00. The summed E-state index contributed by atoms with van der Waals surface area (Å²) in [5.74, 6) is 1.01. The second-order valence-corrected chi connectivity index (χ2v) is 13.4. The maximum Gasteiger partial charge on any atom is 0.333 e. The summed E-state index contributed by atoms with van der Waals surface area (Å²) in [4.78, 5) is 2.64. The molecule has 2 aromatic heterocycles. The van der Waals surface area contributed by atoms with Crippen molar-refractivity contribution >= 4 is 82.5 Å². The van der Waals surface area contributed by atoms with Crippen molar-refractivity contribution in [2.75, 3.05) is 4.90 Å². The molecule has 43 heavy (non-hydrogen) atoms. The lowest BCUT2D eigenvalue weighted by atomic mass is 9.44. The Morgan fingerprint density at radius 2 is 1.49 bits per heavy atom. The first kappa shape index (κ1) is 21.7. The molecule has 0 bridgehead atoms. The van der Waals surface area contributed by atoms with E-state index in [4.69, 9.17) is 4.74 Å². The normalized spacial score (nSPS) is 18.3. The Kier molecular flexibility index (Phi) is 3.60. The van der Waals surface area contributed by atoms with Crippen LogP contribution in [0.3, 0.4) is 0 Å². The summed E-state index contributed by atoms with van der Waals surface area (Å²) in [6, 6.07) is 43.0. The predicted molar refractivity (Wildman–Crippen MR) is 179 cm³/mol. The molecule has 0 spiro atoms. The summed E-state index contributed by atoms with van der Waals surface area (Å²) < 4.78 is 12.2. The van der Waals surface area contributed by atoms with Gasteiger partial charge in [0, 0.05) is 49.1 Å². The molecular formula is C38H21BN2OS. The van der Waals surface area contributed by atoms with Gasteiger partial charge < -0.3 is 14.1 Å². The van der Waals surface area contributed by atoms with Crippen LogP contribution in [0.1, 0.15) is 23.3 Å². The topological polar surface area (TPSA) is 17.4 Å². The van der Waals surface area contributed by atoms with Crippen LogP contribution in [0.2, 0.25) is 0 Å². The number of hydrogen-bond acceptors (Lipinski definition) is 3. The van der Waals surface area contributed by atoms with Crippen LogP contribution in [0.25, 0.3) is 53.1 Å². The van der Waals surface area contributed by atoms with Crippen LogP contribution in [0, 0.1) is 0 Å². The van der Waals surface area contributed by atoms with E-state index in [1.54, 1.807) is 0 Å². The Balaban J connectivity index is 1.31. The number of rotatable bonds is 0. The summed E-state index contributed by atoms with van der Waals surface area (Å²) in [6.07, 6.45) is -0.0244. The van der Waals surface area contributed by atoms with Crippen molar-refractivity contribution in [1.29, 1.82) is 0 Å². The minimum atomic E-state index is -0.0244. The molecule has 12 rings (SSSR count). The van der Waals surface area contributed by atoms with Crippen LogP contribution in [0.4, 0.5) is 11.4 Å². The van der Waals surface area contributed by atoms with Crippen molar-refractivity contribution in [3.05, 3.63) is 126 Å². The highest BCUT2D eigenvalue weighted by molar-refractivity contribution is 7.27. The summed E-state index contributed by atoms with van der Waals surface area (Å²) in [5, 5.41) is 5.33. The number of fused-ring (bicyclic) bond motifs is 16. The molecule has 198 valence electrons. The molecule has 3 nitrogen and oxygen atoms in total. The number of thiophene rings is 1.